The van der Waals surface area contributed by atoms with Gasteiger partial charge in [0.1, 0.15) is 5.65 Å². The third-order valence-electron chi connectivity index (χ3n) is 3.54. The summed E-state index contributed by atoms with van der Waals surface area (Å²) in [6, 6.07) is 9.73. The number of rotatable bonds is 5. The minimum atomic E-state index is 0.735. The summed E-state index contributed by atoms with van der Waals surface area (Å²) in [5.41, 5.74) is 1.97. The number of furan rings is 1. The van der Waals surface area contributed by atoms with Crippen LogP contribution in [0, 0.1) is 0 Å². The Labute approximate surface area is 137 Å². The van der Waals surface area contributed by atoms with Crippen molar-refractivity contribution in [2.24, 2.45) is 0 Å². The Morgan fingerprint density at radius 3 is 2.91 bits per heavy atom. The minimum Gasteiger partial charge on any atom is -0.461 e. The Morgan fingerprint density at radius 2 is 2.13 bits per heavy atom. The average Bonchev–Trinajstić information content (AvgIpc) is 3.30. The lowest BCUT2D eigenvalue weighted by Crippen LogP contribution is -1.99. The van der Waals surface area contributed by atoms with Crippen LogP contribution in [0.1, 0.15) is 12.6 Å². The maximum absolute atomic E-state index is 5.43. The lowest BCUT2D eigenvalue weighted by atomic mass is 10.4. The molecule has 0 radical (unpaired) electrons. The second-order valence-electron chi connectivity index (χ2n) is 5.01. The molecule has 116 valence electrons. The van der Waals surface area contributed by atoms with Crippen molar-refractivity contribution in [3.05, 3.63) is 54.7 Å². The molecule has 0 N–H and O–H groups in total. The van der Waals surface area contributed by atoms with Gasteiger partial charge in [0, 0.05) is 24.7 Å². The van der Waals surface area contributed by atoms with Crippen LogP contribution in [0.2, 0.25) is 0 Å². The van der Waals surface area contributed by atoms with Crippen molar-refractivity contribution >= 4 is 17.4 Å². The fraction of sp³-hybridized carbons (Fsp3) is 0.188. The smallest absolute Gasteiger partial charge is 0.200 e. The predicted octanol–water partition coefficient (Wildman–Crippen LogP) is 3.50. The summed E-state index contributed by atoms with van der Waals surface area (Å²) in [4.78, 5) is 4.61. The highest BCUT2D eigenvalue weighted by molar-refractivity contribution is 7.98. The molecule has 0 amide bonds. The van der Waals surface area contributed by atoms with Crippen LogP contribution in [0.5, 0.6) is 0 Å². The van der Waals surface area contributed by atoms with Crippen LogP contribution in [0.25, 0.3) is 17.2 Å². The second kappa shape index (κ2) is 5.92. The van der Waals surface area contributed by atoms with Gasteiger partial charge in [0.15, 0.2) is 16.7 Å². The second-order valence-corrected chi connectivity index (χ2v) is 5.96. The van der Waals surface area contributed by atoms with Crippen molar-refractivity contribution in [1.29, 1.82) is 0 Å². The fourth-order valence-corrected chi connectivity index (χ4v) is 3.35. The Hall–Kier alpha value is -2.54. The molecule has 0 unspecified atom stereocenters. The maximum Gasteiger partial charge on any atom is 0.200 e. The summed E-state index contributed by atoms with van der Waals surface area (Å²) < 4.78 is 9.51. The molecule has 0 aromatic carbocycles. The minimum absolute atomic E-state index is 0.735. The molecular formula is C16H15N5OS. The molecule has 23 heavy (non-hydrogen) atoms. The monoisotopic (exact) mass is 325 g/mol. The molecule has 0 aliphatic heterocycles. The molecule has 0 spiro atoms. The number of imidazole rings is 1. The van der Waals surface area contributed by atoms with Crippen molar-refractivity contribution in [2.75, 3.05) is 0 Å². The normalized spacial score (nSPS) is 11.3. The first-order valence-corrected chi connectivity index (χ1v) is 8.36. The van der Waals surface area contributed by atoms with Gasteiger partial charge in [-0.1, -0.05) is 17.8 Å². The van der Waals surface area contributed by atoms with E-state index in [-0.39, 0.29) is 0 Å². The van der Waals surface area contributed by atoms with Crippen molar-refractivity contribution in [3.8, 4) is 11.6 Å². The molecule has 0 bridgehead atoms. The molecule has 0 aliphatic rings. The van der Waals surface area contributed by atoms with Gasteiger partial charge in [-0.05, 0) is 31.2 Å². The highest BCUT2D eigenvalue weighted by Crippen LogP contribution is 2.26. The molecule has 0 fully saturated rings. The number of hydrogen-bond donors (Lipinski definition) is 0. The van der Waals surface area contributed by atoms with E-state index in [0.29, 0.717) is 0 Å². The molecule has 0 aliphatic carbocycles. The quantitative estimate of drug-likeness (QED) is 0.526. The van der Waals surface area contributed by atoms with E-state index in [9.17, 15) is 0 Å². The zero-order valence-corrected chi connectivity index (χ0v) is 13.4. The first-order valence-electron chi connectivity index (χ1n) is 7.37. The largest absolute Gasteiger partial charge is 0.461 e. The van der Waals surface area contributed by atoms with E-state index in [2.05, 4.69) is 26.7 Å². The number of fused-ring (bicyclic) bond motifs is 1. The summed E-state index contributed by atoms with van der Waals surface area (Å²) >= 11 is 1.63. The molecule has 4 rings (SSSR count). The molecule has 0 atom stereocenters. The average molecular weight is 325 g/mol. The highest BCUT2D eigenvalue weighted by atomic mass is 32.2. The van der Waals surface area contributed by atoms with Crippen molar-refractivity contribution in [2.45, 2.75) is 24.4 Å². The van der Waals surface area contributed by atoms with E-state index in [1.807, 2.05) is 47.1 Å². The Bertz CT molecular complexity index is 892. The van der Waals surface area contributed by atoms with E-state index in [4.69, 9.17) is 4.42 Å². The summed E-state index contributed by atoms with van der Waals surface area (Å²) in [5.74, 6) is 2.24. The van der Waals surface area contributed by atoms with E-state index in [1.165, 1.54) is 0 Å². The molecule has 0 saturated carbocycles. The van der Waals surface area contributed by atoms with E-state index < -0.39 is 0 Å². The van der Waals surface area contributed by atoms with Crippen LogP contribution in [-0.4, -0.2) is 24.1 Å². The Balaban J connectivity index is 1.57. The van der Waals surface area contributed by atoms with Crippen molar-refractivity contribution in [1.82, 2.24) is 24.1 Å². The highest BCUT2D eigenvalue weighted by Gasteiger charge is 2.15. The number of aromatic nitrogens is 5. The molecule has 7 heteroatoms. The van der Waals surface area contributed by atoms with Gasteiger partial charge >= 0.3 is 0 Å². The van der Waals surface area contributed by atoms with Crippen LogP contribution in [0.4, 0.5) is 0 Å². The zero-order chi connectivity index (χ0) is 15.6. The zero-order valence-electron chi connectivity index (χ0n) is 12.6. The van der Waals surface area contributed by atoms with Crippen LogP contribution in [0.3, 0.4) is 0 Å². The molecule has 4 heterocycles. The molecule has 4 aromatic heterocycles. The number of pyridine rings is 1. The van der Waals surface area contributed by atoms with Crippen molar-refractivity contribution in [3.63, 3.8) is 0 Å². The number of nitrogens with zero attached hydrogens (tertiary/aromatic N) is 5. The molecule has 6 nitrogen and oxygen atoms in total. The van der Waals surface area contributed by atoms with Crippen molar-refractivity contribution < 1.29 is 4.42 Å². The van der Waals surface area contributed by atoms with Crippen LogP contribution >= 0.6 is 11.8 Å². The third-order valence-corrected chi connectivity index (χ3v) is 4.54. The van der Waals surface area contributed by atoms with Gasteiger partial charge in [0.25, 0.3) is 0 Å². The standard InChI is InChI=1S/C16H15N5OS/c1-2-21-15(13-6-5-9-22-13)18-19-16(21)23-11-12-10-20-8-4-3-7-14(20)17-12/h3-10H,2,11H2,1H3. The lowest BCUT2D eigenvalue weighted by Gasteiger charge is -2.04. The number of thioether (sulfide) groups is 1. The topological polar surface area (TPSA) is 61.2 Å². The van der Waals surface area contributed by atoms with Crippen LogP contribution < -0.4 is 0 Å². The molecule has 4 aromatic rings. The Morgan fingerprint density at radius 1 is 1.17 bits per heavy atom. The van der Waals surface area contributed by atoms with Crippen LogP contribution in [0.15, 0.2) is 58.6 Å². The van der Waals surface area contributed by atoms with Gasteiger partial charge in [-0.15, -0.1) is 10.2 Å². The first kappa shape index (κ1) is 14.1. The molecule has 0 saturated heterocycles. The first-order chi connectivity index (χ1) is 11.3. The summed E-state index contributed by atoms with van der Waals surface area (Å²) in [5, 5.41) is 9.42. The maximum atomic E-state index is 5.43. The van der Waals surface area contributed by atoms with E-state index in [1.54, 1.807) is 18.0 Å². The van der Waals surface area contributed by atoms with E-state index in [0.717, 1.165) is 40.4 Å². The van der Waals surface area contributed by atoms with Gasteiger partial charge < -0.3 is 8.82 Å². The summed E-state index contributed by atoms with van der Waals surface area (Å²) in [7, 11) is 0. The number of hydrogen-bond acceptors (Lipinski definition) is 5. The fourth-order valence-electron chi connectivity index (χ4n) is 2.46. The lowest BCUT2D eigenvalue weighted by molar-refractivity contribution is 0.567. The van der Waals surface area contributed by atoms with Crippen LogP contribution in [-0.2, 0) is 12.3 Å². The summed E-state index contributed by atoms with van der Waals surface area (Å²) in [6.07, 6.45) is 5.69. The molecular weight excluding hydrogens is 310 g/mol. The van der Waals surface area contributed by atoms with E-state index >= 15 is 0 Å². The third kappa shape index (κ3) is 2.63. The van der Waals surface area contributed by atoms with Gasteiger partial charge in [0.05, 0.1) is 12.0 Å². The van der Waals surface area contributed by atoms with Gasteiger partial charge in [0.2, 0.25) is 0 Å². The Kier molecular flexibility index (Phi) is 3.63. The SMILES string of the molecule is CCn1c(SCc2cn3ccccc3n2)nnc1-c1ccco1. The van der Waals surface area contributed by atoms with Gasteiger partial charge in [-0.2, -0.15) is 0 Å². The summed E-state index contributed by atoms with van der Waals surface area (Å²) in [6.45, 7) is 2.86. The predicted molar refractivity (Wildman–Crippen MR) is 88.2 cm³/mol. The van der Waals surface area contributed by atoms with Gasteiger partial charge in [-0.3, -0.25) is 4.57 Å². The van der Waals surface area contributed by atoms with Gasteiger partial charge in [-0.25, -0.2) is 4.98 Å².